The summed E-state index contributed by atoms with van der Waals surface area (Å²) in [7, 11) is 2.83. The van der Waals surface area contributed by atoms with Gasteiger partial charge in [-0.1, -0.05) is 6.07 Å². The van der Waals surface area contributed by atoms with Crippen LogP contribution in [0.5, 0.6) is 28.7 Å². The molecule has 0 aliphatic heterocycles. The molecule has 0 fully saturated rings. The van der Waals surface area contributed by atoms with Crippen molar-refractivity contribution in [1.29, 1.82) is 0 Å². The third kappa shape index (κ3) is 6.31. The summed E-state index contributed by atoms with van der Waals surface area (Å²) >= 11 is 0. The molecule has 29 heavy (non-hydrogen) atoms. The summed E-state index contributed by atoms with van der Waals surface area (Å²) in [6, 6.07) is 8.86. The van der Waals surface area contributed by atoms with Gasteiger partial charge in [-0.2, -0.15) is 0 Å². The molecule has 0 aliphatic carbocycles. The summed E-state index contributed by atoms with van der Waals surface area (Å²) in [6.07, 6.45) is 0. The summed E-state index contributed by atoms with van der Waals surface area (Å²) < 4.78 is 28.0. The molecule has 0 N–H and O–H groups in total. The SMILES string of the molecule is CCOc1cc(OCC)c(PC(=O)c2c(OC)cccc2OC)c(OCC)c1.[LiH]. The van der Waals surface area contributed by atoms with Crippen LogP contribution in [-0.2, 0) is 0 Å². The Hall–Kier alpha value is -1.86. The van der Waals surface area contributed by atoms with Gasteiger partial charge < -0.3 is 23.7 Å². The van der Waals surface area contributed by atoms with E-state index in [1.54, 1.807) is 30.3 Å². The minimum absolute atomic E-state index is 0. The van der Waals surface area contributed by atoms with Gasteiger partial charge in [-0.05, 0) is 41.5 Å². The zero-order chi connectivity index (χ0) is 20.5. The number of ether oxygens (including phenoxy) is 5. The summed E-state index contributed by atoms with van der Waals surface area (Å²) in [5.41, 5.74) is 0.282. The molecule has 0 amide bonds. The number of methoxy groups -OCH3 is 2. The standard InChI is InChI=1S/C21H27O6P.Li.H/c1-6-25-14-12-17(26-7-2)20(18(13-14)27-8-3)28-21(22)19-15(23-4)10-9-11-16(19)24-5;;/h9-13,28H,6-8H2,1-5H3;;. The molecule has 0 spiro atoms. The van der Waals surface area contributed by atoms with Crippen LogP contribution in [-0.4, -0.2) is 58.4 Å². The van der Waals surface area contributed by atoms with Gasteiger partial charge in [-0.3, -0.25) is 4.79 Å². The fraction of sp³-hybridized carbons (Fsp3) is 0.381. The molecule has 0 radical (unpaired) electrons. The number of rotatable bonds is 11. The van der Waals surface area contributed by atoms with Crippen molar-refractivity contribution in [3.63, 3.8) is 0 Å². The van der Waals surface area contributed by atoms with Crippen molar-refractivity contribution >= 4 is 38.3 Å². The Morgan fingerprint density at radius 3 is 1.72 bits per heavy atom. The van der Waals surface area contributed by atoms with Crippen LogP contribution < -0.4 is 29.0 Å². The first-order valence-electron chi connectivity index (χ1n) is 9.18. The molecule has 0 saturated heterocycles. The molecule has 0 bridgehead atoms. The molecule has 1 atom stereocenters. The Morgan fingerprint density at radius 2 is 1.31 bits per heavy atom. The van der Waals surface area contributed by atoms with Crippen LogP contribution in [0.15, 0.2) is 30.3 Å². The van der Waals surface area contributed by atoms with Crippen LogP contribution >= 0.6 is 8.58 Å². The van der Waals surface area contributed by atoms with E-state index < -0.39 is 0 Å². The van der Waals surface area contributed by atoms with Crippen molar-refractivity contribution in [2.45, 2.75) is 20.8 Å². The average Bonchev–Trinajstić information content (AvgIpc) is 2.70. The summed E-state index contributed by atoms with van der Waals surface area (Å²) in [6.45, 7) is 7.15. The van der Waals surface area contributed by atoms with Gasteiger partial charge >= 0.3 is 18.9 Å². The van der Waals surface area contributed by atoms with E-state index in [2.05, 4.69) is 0 Å². The van der Waals surface area contributed by atoms with Gasteiger partial charge in [0, 0.05) is 12.1 Å². The predicted molar refractivity (Wildman–Crippen MR) is 119 cm³/mol. The predicted octanol–water partition coefficient (Wildman–Crippen LogP) is 3.40. The topological polar surface area (TPSA) is 63.2 Å². The van der Waals surface area contributed by atoms with Crippen molar-refractivity contribution in [3.8, 4) is 28.7 Å². The van der Waals surface area contributed by atoms with Gasteiger partial charge in [0.05, 0.1) is 39.3 Å². The van der Waals surface area contributed by atoms with Crippen molar-refractivity contribution in [3.05, 3.63) is 35.9 Å². The Labute approximate surface area is 186 Å². The molecule has 0 saturated carbocycles. The summed E-state index contributed by atoms with van der Waals surface area (Å²) in [5, 5.41) is 0.699. The van der Waals surface area contributed by atoms with Gasteiger partial charge in [0.2, 0.25) is 0 Å². The average molecular weight is 414 g/mol. The van der Waals surface area contributed by atoms with Gasteiger partial charge in [0.25, 0.3) is 0 Å². The maximum absolute atomic E-state index is 13.2. The molecule has 0 aromatic heterocycles. The Kier molecular flexibility index (Phi) is 11.0. The molecule has 2 aromatic carbocycles. The first-order valence-corrected chi connectivity index (χ1v) is 10.2. The van der Waals surface area contributed by atoms with E-state index in [0.717, 1.165) is 0 Å². The number of hydrogen-bond acceptors (Lipinski definition) is 6. The van der Waals surface area contributed by atoms with E-state index in [1.807, 2.05) is 20.8 Å². The van der Waals surface area contributed by atoms with E-state index in [1.165, 1.54) is 14.2 Å². The van der Waals surface area contributed by atoms with Gasteiger partial charge in [0.15, 0.2) is 5.52 Å². The molecule has 2 rings (SSSR count). The van der Waals surface area contributed by atoms with E-state index >= 15 is 0 Å². The second kappa shape index (κ2) is 12.6. The van der Waals surface area contributed by atoms with Crippen molar-refractivity contribution in [2.75, 3.05) is 34.0 Å². The zero-order valence-corrected chi connectivity index (χ0v) is 18.0. The van der Waals surface area contributed by atoms with E-state index in [0.29, 0.717) is 59.4 Å². The molecule has 0 heterocycles. The third-order valence-corrected chi connectivity index (χ3v) is 5.06. The van der Waals surface area contributed by atoms with E-state index in [-0.39, 0.29) is 33.0 Å². The first-order chi connectivity index (χ1) is 13.6. The van der Waals surface area contributed by atoms with Crippen molar-refractivity contribution in [1.82, 2.24) is 0 Å². The fourth-order valence-corrected chi connectivity index (χ4v) is 3.86. The summed E-state index contributed by atoms with van der Waals surface area (Å²) in [4.78, 5) is 13.2. The van der Waals surface area contributed by atoms with Gasteiger partial charge in [0.1, 0.15) is 34.3 Å². The van der Waals surface area contributed by atoms with Crippen molar-refractivity contribution < 1.29 is 28.5 Å². The van der Waals surface area contributed by atoms with Gasteiger partial charge in [-0.15, -0.1) is 0 Å². The third-order valence-electron chi connectivity index (χ3n) is 3.84. The minimum atomic E-state index is -0.234. The first kappa shape index (κ1) is 25.2. The Bertz CT molecular complexity index is 762. The molecular formula is C21H28LiO6P. The molecule has 8 heteroatoms. The second-order valence-electron chi connectivity index (χ2n) is 5.59. The molecule has 154 valence electrons. The maximum atomic E-state index is 13.2. The van der Waals surface area contributed by atoms with Crippen molar-refractivity contribution in [2.24, 2.45) is 0 Å². The van der Waals surface area contributed by atoms with E-state index in [9.17, 15) is 4.79 Å². The quantitative estimate of drug-likeness (QED) is 0.415. The molecule has 1 unspecified atom stereocenters. The Balaban J connectivity index is 0.00000420. The van der Waals surface area contributed by atoms with Crippen LogP contribution in [0.1, 0.15) is 31.1 Å². The van der Waals surface area contributed by atoms with Crippen LogP contribution in [0.3, 0.4) is 0 Å². The van der Waals surface area contributed by atoms with Crippen LogP contribution in [0.2, 0.25) is 0 Å². The Morgan fingerprint density at radius 1 is 0.828 bits per heavy atom. The summed E-state index contributed by atoms with van der Waals surface area (Å²) in [5.74, 6) is 2.75. The monoisotopic (exact) mass is 414 g/mol. The number of hydrogen-bond donors (Lipinski definition) is 0. The molecule has 0 aliphatic rings. The second-order valence-corrected chi connectivity index (χ2v) is 6.79. The molecule has 6 nitrogen and oxygen atoms in total. The molecule has 2 aromatic rings. The number of carbonyl (C=O) groups excluding carboxylic acids is 1. The molecular weight excluding hydrogens is 386 g/mol. The zero-order valence-electron chi connectivity index (χ0n) is 17.0. The van der Waals surface area contributed by atoms with Crippen LogP contribution in [0.4, 0.5) is 0 Å². The fourth-order valence-electron chi connectivity index (χ4n) is 2.73. The van der Waals surface area contributed by atoms with Gasteiger partial charge in [-0.25, -0.2) is 0 Å². The number of benzene rings is 2. The normalized spacial score (nSPS) is 10.4. The van der Waals surface area contributed by atoms with Crippen LogP contribution in [0, 0.1) is 0 Å². The van der Waals surface area contributed by atoms with E-state index in [4.69, 9.17) is 23.7 Å². The number of carbonyl (C=O) groups is 1. The van der Waals surface area contributed by atoms with Crippen LogP contribution in [0.25, 0.3) is 0 Å².